The second-order valence-corrected chi connectivity index (χ2v) is 7.23. The summed E-state index contributed by atoms with van der Waals surface area (Å²) in [5.74, 6) is 7.87. The minimum atomic E-state index is 0.251. The van der Waals surface area contributed by atoms with Gasteiger partial charge in [0, 0.05) is 17.9 Å². The summed E-state index contributed by atoms with van der Waals surface area (Å²) in [4.78, 5) is 0. The molecule has 0 bridgehead atoms. The van der Waals surface area contributed by atoms with Gasteiger partial charge >= 0.3 is 0 Å². The maximum absolute atomic E-state index is 6.01. The van der Waals surface area contributed by atoms with Crippen LogP contribution in [0.2, 0.25) is 0 Å². The third-order valence-corrected chi connectivity index (χ3v) is 6.34. The lowest BCUT2D eigenvalue weighted by molar-refractivity contribution is -0.147. The van der Waals surface area contributed by atoms with E-state index in [1.165, 1.54) is 50.7 Å². The van der Waals surface area contributed by atoms with E-state index in [4.69, 9.17) is 10.6 Å². The van der Waals surface area contributed by atoms with Crippen LogP contribution >= 0.6 is 11.8 Å². The minimum absolute atomic E-state index is 0.251. The molecule has 0 aromatic heterocycles. The van der Waals surface area contributed by atoms with Crippen LogP contribution in [0.1, 0.15) is 44.9 Å². The van der Waals surface area contributed by atoms with Crippen LogP contribution in [0.15, 0.2) is 0 Å². The van der Waals surface area contributed by atoms with Crippen molar-refractivity contribution in [2.24, 2.45) is 11.8 Å². The molecule has 3 aliphatic rings. The molecule has 0 radical (unpaired) electrons. The molecule has 17 heavy (non-hydrogen) atoms. The zero-order chi connectivity index (χ0) is 11.7. The molecular weight excluding hydrogens is 232 g/mol. The van der Waals surface area contributed by atoms with Crippen molar-refractivity contribution in [3.8, 4) is 0 Å². The molecular formula is C13H24N2OS. The molecule has 0 aromatic carbocycles. The molecule has 2 aliphatic heterocycles. The van der Waals surface area contributed by atoms with E-state index >= 15 is 0 Å². The zero-order valence-corrected chi connectivity index (χ0v) is 11.3. The Morgan fingerprint density at radius 3 is 2.76 bits per heavy atom. The molecule has 3 nitrogen and oxygen atoms in total. The number of thioether (sulfide) groups is 1. The van der Waals surface area contributed by atoms with Crippen molar-refractivity contribution in [3.63, 3.8) is 0 Å². The summed E-state index contributed by atoms with van der Waals surface area (Å²) < 4.78 is 6.01. The van der Waals surface area contributed by atoms with Gasteiger partial charge in [-0.1, -0.05) is 0 Å². The van der Waals surface area contributed by atoms with Gasteiger partial charge in [-0.25, -0.2) is 0 Å². The fourth-order valence-corrected chi connectivity index (χ4v) is 5.20. The molecule has 3 atom stereocenters. The van der Waals surface area contributed by atoms with Crippen LogP contribution in [0.25, 0.3) is 0 Å². The SMILES string of the molecule is NNC(C1CCOC2(CCC2)C1)C1CCCS1. The second kappa shape index (κ2) is 5.08. The van der Waals surface area contributed by atoms with E-state index in [1.807, 2.05) is 0 Å². The van der Waals surface area contributed by atoms with Crippen molar-refractivity contribution in [3.05, 3.63) is 0 Å². The van der Waals surface area contributed by atoms with E-state index in [2.05, 4.69) is 17.2 Å². The Morgan fingerprint density at radius 1 is 1.29 bits per heavy atom. The first kappa shape index (κ1) is 12.3. The van der Waals surface area contributed by atoms with Crippen LogP contribution in [0.3, 0.4) is 0 Å². The topological polar surface area (TPSA) is 47.3 Å². The van der Waals surface area contributed by atoms with E-state index in [9.17, 15) is 0 Å². The van der Waals surface area contributed by atoms with Gasteiger partial charge in [0.05, 0.1) is 5.60 Å². The molecule has 3 fully saturated rings. The first-order valence-corrected chi connectivity index (χ1v) is 8.10. The highest BCUT2D eigenvalue weighted by molar-refractivity contribution is 8.00. The number of rotatable bonds is 3. The molecule has 2 heterocycles. The molecule has 3 N–H and O–H groups in total. The quantitative estimate of drug-likeness (QED) is 0.599. The number of hydrogen-bond acceptors (Lipinski definition) is 4. The van der Waals surface area contributed by atoms with Gasteiger partial charge in [0.1, 0.15) is 0 Å². The van der Waals surface area contributed by atoms with E-state index in [-0.39, 0.29) is 5.60 Å². The van der Waals surface area contributed by atoms with Crippen molar-refractivity contribution < 1.29 is 4.74 Å². The van der Waals surface area contributed by atoms with Crippen LogP contribution in [-0.4, -0.2) is 29.3 Å². The molecule has 0 aromatic rings. The lowest BCUT2D eigenvalue weighted by Gasteiger charge is -2.49. The molecule has 3 unspecified atom stereocenters. The molecule has 98 valence electrons. The van der Waals surface area contributed by atoms with Crippen LogP contribution in [0, 0.1) is 5.92 Å². The summed E-state index contributed by atoms with van der Waals surface area (Å²) in [6, 6.07) is 0.504. The lowest BCUT2D eigenvalue weighted by atomic mass is 9.70. The van der Waals surface area contributed by atoms with Crippen molar-refractivity contribution in [1.82, 2.24) is 5.43 Å². The maximum Gasteiger partial charge on any atom is 0.0685 e. The molecule has 3 rings (SSSR count). The summed E-state index contributed by atoms with van der Waals surface area (Å²) in [6.07, 6.45) is 9.03. The van der Waals surface area contributed by atoms with E-state index in [0.717, 1.165) is 17.8 Å². The van der Waals surface area contributed by atoms with E-state index in [1.54, 1.807) is 0 Å². The average molecular weight is 256 g/mol. The monoisotopic (exact) mass is 256 g/mol. The maximum atomic E-state index is 6.01. The Morgan fingerprint density at radius 2 is 2.18 bits per heavy atom. The van der Waals surface area contributed by atoms with E-state index < -0.39 is 0 Å². The van der Waals surface area contributed by atoms with Gasteiger partial charge in [0.2, 0.25) is 0 Å². The average Bonchev–Trinajstić information content (AvgIpc) is 2.82. The minimum Gasteiger partial charge on any atom is -0.375 e. The van der Waals surface area contributed by atoms with Gasteiger partial charge in [-0.05, 0) is 56.6 Å². The normalized spacial score (nSPS) is 37.9. The summed E-state index contributed by atoms with van der Waals surface area (Å²) in [5, 5.41) is 0.736. The van der Waals surface area contributed by atoms with E-state index in [0.29, 0.717) is 6.04 Å². The highest BCUT2D eigenvalue weighted by atomic mass is 32.2. The number of hydrazine groups is 1. The smallest absolute Gasteiger partial charge is 0.0685 e. The van der Waals surface area contributed by atoms with Crippen molar-refractivity contribution in [2.45, 2.75) is 61.8 Å². The Bertz CT molecular complexity index is 264. The van der Waals surface area contributed by atoms with Gasteiger partial charge in [0.15, 0.2) is 0 Å². The third-order valence-electron chi connectivity index (χ3n) is 4.86. The molecule has 1 aliphatic carbocycles. The summed E-state index contributed by atoms with van der Waals surface area (Å²) in [5.41, 5.74) is 3.37. The predicted octanol–water partition coefficient (Wildman–Crippen LogP) is 2.06. The third kappa shape index (κ3) is 2.37. The summed E-state index contributed by atoms with van der Waals surface area (Å²) in [7, 11) is 0. The van der Waals surface area contributed by atoms with Crippen LogP contribution in [-0.2, 0) is 4.74 Å². The number of nitrogens with two attached hydrogens (primary N) is 1. The van der Waals surface area contributed by atoms with Gasteiger partial charge < -0.3 is 4.74 Å². The summed E-state index contributed by atoms with van der Waals surface area (Å²) in [6.45, 7) is 0.945. The van der Waals surface area contributed by atoms with Crippen molar-refractivity contribution >= 4 is 11.8 Å². The Hall–Kier alpha value is 0.230. The van der Waals surface area contributed by atoms with Crippen molar-refractivity contribution in [2.75, 3.05) is 12.4 Å². The number of hydrogen-bond donors (Lipinski definition) is 2. The largest absolute Gasteiger partial charge is 0.375 e. The first-order chi connectivity index (χ1) is 8.33. The fourth-order valence-electron chi connectivity index (χ4n) is 3.72. The number of ether oxygens (including phenoxy) is 1. The van der Waals surface area contributed by atoms with Crippen LogP contribution in [0.4, 0.5) is 0 Å². The second-order valence-electron chi connectivity index (χ2n) is 5.88. The van der Waals surface area contributed by atoms with Gasteiger partial charge in [0.25, 0.3) is 0 Å². The fraction of sp³-hybridized carbons (Fsp3) is 1.00. The van der Waals surface area contributed by atoms with Crippen LogP contribution < -0.4 is 11.3 Å². The van der Waals surface area contributed by atoms with Gasteiger partial charge in [-0.2, -0.15) is 11.8 Å². The molecule has 0 amide bonds. The molecule has 2 saturated heterocycles. The highest BCUT2D eigenvalue weighted by Gasteiger charge is 2.45. The molecule has 1 spiro atoms. The molecule has 1 saturated carbocycles. The predicted molar refractivity (Wildman–Crippen MR) is 71.8 cm³/mol. The van der Waals surface area contributed by atoms with Gasteiger partial charge in [-0.3, -0.25) is 11.3 Å². The Balaban J connectivity index is 1.64. The Labute approximate surface area is 108 Å². The lowest BCUT2D eigenvalue weighted by Crippen LogP contribution is -2.54. The highest BCUT2D eigenvalue weighted by Crippen LogP contribution is 2.46. The summed E-state index contributed by atoms with van der Waals surface area (Å²) >= 11 is 2.11. The number of nitrogens with one attached hydrogen (secondary N) is 1. The Kier molecular flexibility index (Phi) is 3.67. The van der Waals surface area contributed by atoms with Crippen molar-refractivity contribution in [1.29, 1.82) is 0 Å². The van der Waals surface area contributed by atoms with Gasteiger partial charge in [-0.15, -0.1) is 0 Å². The zero-order valence-electron chi connectivity index (χ0n) is 10.5. The molecule has 4 heteroatoms. The standard InChI is InChI=1S/C13H24N2OS/c14-15-12(11-3-1-8-17-11)10-4-7-16-13(9-10)5-2-6-13/h10-12,15H,1-9,14H2. The first-order valence-electron chi connectivity index (χ1n) is 7.05. The van der Waals surface area contributed by atoms with Crippen LogP contribution in [0.5, 0.6) is 0 Å².